The molecule has 0 amide bonds. The molecule has 0 unspecified atom stereocenters. The SMILES string of the molecule is O=S(=O)([O-])c1ccccc1.[Ni+2]. The van der Waals surface area contributed by atoms with E-state index in [9.17, 15) is 13.0 Å². The maximum Gasteiger partial charge on any atom is 2.00 e. The van der Waals surface area contributed by atoms with Gasteiger partial charge in [0.2, 0.25) is 0 Å². The molecule has 5 heteroatoms. The van der Waals surface area contributed by atoms with Gasteiger partial charge in [-0.1, -0.05) is 18.2 Å². The second-order valence-corrected chi connectivity index (χ2v) is 3.15. The Morgan fingerprint density at radius 3 is 1.82 bits per heavy atom. The normalized spacial score (nSPS) is 10.3. The maximum absolute atomic E-state index is 10.3. The van der Waals surface area contributed by atoms with Crippen molar-refractivity contribution in [1.29, 1.82) is 0 Å². The summed E-state index contributed by atoms with van der Waals surface area (Å²) in [5.41, 5.74) is 0. The standard InChI is InChI=1S/C6H6O3S.Ni/c7-10(8,9)6-4-2-1-3-5-6;/h1-5H,(H,7,8,9);/q;+2/p-1. The third kappa shape index (κ3) is 3.01. The van der Waals surface area contributed by atoms with Crippen molar-refractivity contribution in [3.8, 4) is 0 Å². The largest absolute Gasteiger partial charge is 2.00 e. The van der Waals surface area contributed by atoms with Crippen LogP contribution in [0.4, 0.5) is 0 Å². The smallest absolute Gasteiger partial charge is 0.744 e. The topological polar surface area (TPSA) is 57.2 Å². The van der Waals surface area contributed by atoms with Gasteiger partial charge in [0.1, 0.15) is 10.1 Å². The second kappa shape index (κ2) is 3.86. The van der Waals surface area contributed by atoms with Gasteiger partial charge in [0.15, 0.2) is 0 Å². The zero-order chi connectivity index (χ0) is 7.61. The van der Waals surface area contributed by atoms with Crippen LogP contribution in [0.15, 0.2) is 35.2 Å². The average molecular weight is 216 g/mol. The van der Waals surface area contributed by atoms with Crippen LogP contribution in [0.2, 0.25) is 0 Å². The summed E-state index contributed by atoms with van der Waals surface area (Å²) in [5, 5.41) is 0. The molecule has 3 nitrogen and oxygen atoms in total. The molecule has 1 aromatic carbocycles. The molecule has 1 rings (SSSR count). The summed E-state index contributed by atoms with van der Waals surface area (Å²) in [5.74, 6) is 0. The molecule has 1 aromatic rings. The van der Waals surface area contributed by atoms with Gasteiger partial charge in [-0.3, -0.25) is 0 Å². The van der Waals surface area contributed by atoms with Crippen LogP contribution in [-0.4, -0.2) is 13.0 Å². The molecule has 0 atom stereocenters. The molecule has 0 fully saturated rings. The summed E-state index contributed by atoms with van der Waals surface area (Å²) >= 11 is 0. The molecule has 0 heterocycles. The van der Waals surface area contributed by atoms with Crippen LogP contribution >= 0.6 is 0 Å². The van der Waals surface area contributed by atoms with Crippen molar-refractivity contribution in [3.63, 3.8) is 0 Å². The zero-order valence-corrected chi connectivity index (χ0v) is 7.14. The molecule has 0 aliphatic heterocycles. The molecule has 62 valence electrons. The number of hydrogen-bond donors (Lipinski definition) is 0. The quantitative estimate of drug-likeness (QED) is 0.509. The Morgan fingerprint density at radius 1 is 1.09 bits per heavy atom. The van der Waals surface area contributed by atoms with Crippen molar-refractivity contribution in [2.75, 3.05) is 0 Å². The van der Waals surface area contributed by atoms with Gasteiger partial charge in [-0.15, -0.1) is 0 Å². The minimum absolute atomic E-state index is 0. The Bertz CT molecular complexity index is 306. The number of rotatable bonds is 1. The predicted molar refractivity (Wildman–Crippen MR) is 34.4 cm³/mol. The van der Waals surface area contributed by atoms with Gasteiger partial charge in [0, 0.05) is 0 Å². The van der Waals surface area contributed by atoms with Gasteiger partial charge < -0.3 is 4.55 Å². The Balaban J connectivity index is 0.000001000. The molecule has 0 spiro atoms. The van der Waals surface area contributed by atoms with Crippen LogP contribution in [0.25, 0.3) is 0 Å². The van der Waals surface area contributed by atoms with E-state index in [1.54, 1.807) is 6.07 Å². The first-order valence-electron chi connectivity index (χ1n) is 2.61. The summed E-state index contributed by atoms with van der Waals surface area (Å²) in [6.45, 7) is 0. The number of hydrogen-bond acceptors (Lipinski definition) is 3. The van der Waals surface area contributed by atoms with Crippen LogP contribution < -0.4 is 0 Å². The van der Waals surface area contributed by atoms with E-state index in [2.05, 4.69) is 0 Å². The summed E-state index contributed by atoms with van der Waals surface area (Å²) in [7, 11) is -4.25. The van der Waals surface area contributed by atoms with Crippen LogP contribution in [0.5, 0.6) is 0 Å². The summed E-state index contributed by atoms with van der Waals surface area (Å²) in [6.07, 6.45) is 0. The van der Waals surface area contributed by atoms with E-state index in [0.717, 1.165) is 0 Å². The summed E-state index contributed by atoms with van der Waals surface area (Å²) < 4.78 is 30.8. The van der Waals surface area contributed by atoms with Gasteiger partial charge in [0.05, 0.1) is 4.90 Å². The van der Waals surface area contributed by atoms with Crippen molar-refractivity contribution < 1.29 is 29.5 Å². The van der Waals surface area contributed by atoms with Crippen LogP contribution in [0.3, 0.4) is 0 Å². The van der Waals surface area contributed by atoms with Gasteiger partial charge in [0.25, 0.3) is 0 Å². The summed E-state index contributed by atoms with van der Waals surface area (Å²) in [6, 6.07) is 7.19. The molecule has 0 saturated carbocycles. The van der Waals surface area contributed by atoms with Gasteiger partial charge in [-0.2, -0.15) is 0 Å². The van der Waals surface area contributed by atoms with E-state index in [1.807, 2.05) is 0 Å². The second-order valence-electron chi connectivity index (χ2n) is 1.77. The Morgan fingerprint density at radius 2 is 1.55 bits per heavy atom. The first-order valence-corrected chi connectivity index (χ1v) is 4.02. The van der Waals surface area contributed by atoms with Crippen molar-refractivity contribution in [3.05, 3.63) is 30.3 Å². The fourth-order valence-corrected chi connectivity index (χ4v) is 1.08. The van der Waals surface area contributed by atoms with Crippen molar-refractivity contribution in [2.24, 2.45) is 0 Å². The van der Waals surface area contributed by atoms with E-state index in [0.29, 0.717) is 0 Å². The van der Waals surface area contributed by atoms with E-state index < -0.39 is 10.1 Å². The zero-order valence-electron chi connectivity index (χ0n) is 5.34. The van der Waals surface area contributed by atoms with E-state index in [-0.39, 0.29) is 21.4 Å². The molecule has 0 bridgehead atoms. The van der Waals surface area contributed by atoms with Crippen LogP contribution in [0, 0.1) is 0 Å². The van der Waals surface area contributed by atoms with Crippen molar-refractivity contribution in [1.82, 2.24) is 0 Å². The van der Waals surface area contributed by atoms with E-state index >= 15 is 0 Å². The molecular formula is C6H5NiO3S+. The fourth-order valence-electron chi connectivity index (χ4n) is 0.587. The molecule has 0 saturated heterocycles. The third-order valence-corrected chi connectivity index (χ3v) is 1.88. The summed E-state index contributed by atoms with van der Waals surface area (Å²) in [4.78, 5) is -0.185. The van der Waals surface area contributed by atoms with Crippen LogP contribution in [0.1, 0.15) is 0 Å². The van der Waals surface area contributed by atoms with E-state index in [4.69, 9.17) is 0 Å². The fraction of sp³-hybridized carbons (Fsp3) is 0. The monoisotopic (exact) mass is 215 g/mol. The van der Waals surface area contributed by atoms with Crippen molar-refractivity contribution >= 4 is 10.1 Å². The minimum Gasteiger partial charge on any atom is -0.744 e. The molecular weight excluding hydrogens is 211 g/mol. The van der Waals surface area contributed by atoms with Gasteiger partial charge in [-0.05, 0) is 12.1 Å². The Kier molecular flexibility index (Phi) is 3.72. The Hall–Kier alpha value is -0.376. The average Bonchev–Trinajstić information content (AvgIpc) is 1.88. The molecule has 0 aliphatic rings. The molecule has 11 heavy (non-hydrogen) atoms. The first-order chi connectivity index (χ1) is 4.61. The molecule has 0 radical (unpaired) electrons. The third-order valence-electron chi connectivity index (χ3n) is 1.03. The first kappa shape index (κ1) is 10.6. The molecule has 0 N–H and O–H groups in total. The number of benzene rings is 1. The molecule has 0 aromatic heterocycles. The van der Waals surface area contributed by atoms with E-state index in [1.165, 1.54) is 24.3 Å². The van der Waals surface area contributed by atoms with Gasteiger partial charge in [-0.25, -0.2) is 8.42 Å². The predicted octanol–water partition coefficient (Wildman–Crippen LogP) is 0.588. The van der Waals surface area contributed by atoms with Crippen LogP contribution in [-0.2, 0) is 26.6 Å². The Labute approximate surface area is 75.1 Å². The van der Waals surface area contributed by atoms with Gasteiger partial charge >= 0.3 is 16.5 Å². The van der Waals surface area contributed by atoms with Crippen molar-refractivity contribution in [2.45, 2.75) is 4.90 Å². The maximum atomic E-state index is 10.3. The minimum atomic E-state index is -4.25. The molecule has 0 aliphatic carbocycles.